The van der Waals surface area contributed by atoms with E-state index < -0.39 is 0 Å². The molecule has 0 unspecified atom stereocenters. The Balaban J connectivity index is 0.000000980. The summed E-state index contributed by atoms with van der Waals surface area (Å²) in [6, 6.07) is 9.79. The average molecular weight is 266 g/mol. The van der Waals surface area contributed by atoms with Gasteiger partial charge in [0.15, 0.2) is 8.29 Å². The average Bonchev–Trinajstić information content (AvgIpc) is 2.47. The number of hydrogen-bond donors (Lipinski definition) is 1. The quantitative estimate of drug-likeness (QED) is 0.485. The number of para-hydroxylation sites is 1. The summed E-state index contributed by atoms with van der Waals surface area (Å²) in [6.07, 6.45) is 0. The van der Waals surface area contributed by atoms with Crippen LogP contribution < -0.4 is 0 Å². The van der Waals surface area contributed by atoms with E-state index in [-0.39, 0.29) is 51.4 Å². The van der Waals surface area contributed by atoms with Crippen LogP contribution in [0.15, 0.2) is 34.7 Å². The molecule has 14 heavy (non-hydrogen) atoms. The molecule has 0 saturated heterocycles. The number of aromatic nitrogens is 2. The Hall–Kier alpha value is 0.986. The predicted octanol–water partition coefficient (Wildman–Crippen LogP) is 2.30. The zero-order valence-corrected chi connectivity index (χ0v) is 9.07. The molecular formula is C8H7KN2S3. The fourth-order valence-electron chi connectivity index (χ4n) is 1.00. The van der Waals surface area contributed by atoms with Crippen LogP contribution in [0.4, 0.5) is 0 Å². The van der Waals surface area contributed by atoms with Crippen molar-refractivity contribution in [3.05, 3.63) is 34.3 Å². The monoisotopic (exact) mass is 266 g/mol. The van der Waals surface area contributed by atoms with Gasteiger partial charge in [0.25, 0.3) is 0 Å². The number of nitrogens with zero attached hydrogens (tertiary/aromatic N) is 2. The van der Waals surface area contributed by atoms with Crippen LogP contribution in [0.3, 0.4) is 0 Å². The number of rotatable bonds is 1. The van der Waals surface area contributed by atoms with Gasteiger partial charge in [-0.1, -0.05) is 29.5 Å². The van der Waals surface area contributed by atoms with Crippen molar-refractivity contribution >= 4 is 87.6 Å². The van der Waals surface area contributed by atoms with E-state index in [1.165, 1.54) is 11.3 Å². The second-order valence-electron chi connectivity index (χ2n) is 2.40. The summed E-state index contributed by atoms with van der Waals surface area (Å²) in [6.45, 7) is 0. The van der Waals surface area contributed by atoms with Crippen LogP contribution in [0.5, 0.6) is 0 Å². The van der Waals surface area contributed by atoms with E-state index >= 15 is 0 Å². The molecule has 0 saturated carbocycles. The summed E-state index contributed by atoms with van der Waals surface area (Å²) in [4.78, 5) is 0. The Morgan fingerprint density at radius 1 is 1.29 bits per heavy atom. The molecule has 0 aliphatic rings. The molecule has 2 nitrogen and oxygen atoms in total. The van der Waals surface area contributed by atoms with Crippen LogP contribution in [0, 0.1) is 3.95 Å². The fraction of sp³-hybridized carbons (Fsp3) is 0. The zero-order valence-electron chi connectivity index (χ0n) is 6.54. The van der Waals surface area contributed by atoms with Crippen molar-refractivity contribution in [1.29, 1.82) is 0 Å². The molecule has 0 bridgehead atoms. The molecule has 6 heteroatoms. The first kappa shape index (κ1) is 13.1. The van der Waals surface area contributed by atoms with E-state index in [1.807, 2.05) is 30.3 Å². The summed E-state index contributed by atoms with van der Waals surface area (Å²) in [5.74, 6) is 0. The Morgan fingerprint density at radius 3 is 2.43 bits per heavy atom. The molecule has 68 valence electrons. The van der Waals surface area contributed by atoms with Gasteiger partial charge in [0.1, 0.15) is 0 Å². The predicted molar refractivity (Wildman–Crippen MR) is 66.7 cm³/mol. The van der Waals surface area contributed by atoms with E-state index in [0.717, 1.165) is 9.64 Å². The second-order valence-corrected chi connectivity index (χ2v) is 4.75. The van der Waals surface area contributed by atoms with Crippen LogP contribution in [-0.4, -0.2) is 61.2 Å². The van der Waals surface area contributed by atoms with Crippen molar-refractivity contribution in [3.8, 4) is 5.69 Å². The molecule has 0 N–H and O–H groups in total. The van der Waals surface area contributed by atoms with Crippen LogP contribution in [0.2, 0.25) is 0 Å². The van der Waals surface area contributed by atoms with E-state index in [4.69, 9.17) is 12.2 Å². The van der Waals surface area contributed by atoms with Crippen LogP contribution in [0.1, 0.15) is 0 Å². The molecule has 0 amide bonds. The summed E-state index contributed by atoms with van der Waals surface area (Å²) < 4.78 is 3.12. The van der Waals surface area contributed by atoms with Gasteiger partial charge in [-0.15, -0.1) is 17.7 Å². The molecule has 2 aromatic rings. The standard InChI is InChI=1S/C8H6N2S3.K.H/c11-7-9-10(8(12)13-7)6-4-2-1-3-5-6;;/h1-5H,(H,9,11);;. The van der Waals surface area contributed by atoms with Gasteiger partial charge >= 0.3 is 51.4 Å². The molecule has 0 spiro atoms. The van der Waals surface area contributed by atoms with Crippen molar-refractivity contribution in [3.63, 3.8) is 0 Å². The van der Waals surface area contributed by atoms with Crippen molar-refractivity contribution in [2.45, 2.75) is 4.34 Å². The minimum absolute atomic E-state index is 0. The topological polar surface area (TPSA) is 17.8 Å². The summed E-state index contributed by atoms with van der Waals surface area (Å²) in [5.41, 5.74) is 0.976. The zero-order chi connectivity index (χ0) is 9.26. The summed E-state index contributed by atoms with van der Waals surface area (Å²) >= 11 is 10.7. The Kier molecular flexibility index (Phi) is 5.51. The number of hydrogen-bond acceptors (Lipinski definition) is 4. The summed E-state index contributed by atoms with van der Waals surface area (Å²) in [5, 5.41) is 4.18. The Morgan fingerprint density at radius 2 is 1.93 bits per heavy atom. The molecular weight excluding hydrogens is 259 g/mol. The third-order valence-corrected chi connectivity index (χ3v) is 2.94. The van der Waals surface area contributed by atoms with E-state index in [0.29, 0.717) is 4.34 Å². The molecule has 1 aromatic carbocycles. The van der Waals surface area contributed by atoms with E-state index in [2.05, 4.69) is 17.7 Å². The van der Waals surface area contributed by atoms with Gasteiger partial charge in [0, 0.05) is 0 Å². The first-order chi connectivity index (χ1) is 6.27. The first-order valence-corrected chi connectivity index (χ1v) is 5.29. The van der Waals surface area contributed by atoms with Gasteiger partial charge < -0.3 is 0 Å². The first-order valence-electron chi connectivity index (χ1n) is 3.62. The number of thiol groups is 1. The van der Waals surface area contributed by atoms with Gasteiger partial charge in [-0.05, 0) is 24.4 Å². The van der Waals surface area contributed by atoms with Gasteiger partial charge in [-0.25, -0.2) is 4.68 Å². The molecule has 1 heterocycles. The van der Waals surface area contributed by atoms with Gasteiger partial charge in [-0.2, -0.15) is 0 Å². The molecule has 0 aliphatic carbocycles. The molecule has 1 aromatic heterocycles. The van der Waals surface area contributed by atoms with Crippen LogP contribution in [-0.2, 0) is 0 Å². The number of benzene rings is 1. The molecule has 0 aliphatic heterocycles. The SMILES string of the molecule is S=c1sc(S)nn1-c1ccccc1.[KH]. The van der Waals surface area contributed by atoms with Gasteiger partial charge in [0.2, 0.25) is 0 Å². The second kappa shape index (κ2) is 5.90. The van der Waals surface area contributed by atoms with Gasteiger partial charge in [-0.3, -0.25) is 0 Å². The maximum absolute atomic E-state index is 5.12. The van der Waals surface area contributed by atoms with E-state index in [1.54, 1.807) is 4.68 Å². The minimum atomic E-state index is 0. The third kappa shape index (κ3) is 2.99. The third-order valence-electron chi connectivity index (χ3n) is 1.54. The molecule has 0 atom stereocenters. The summed E-state index contributed by atoms with van der Waals surface area (Å²) in [7, 11) is 0. The van der Waals surface area contributed by atoms with Crippen LogP contribution >= 0.6 is 36.2 Å². The van der Waals surface area contributed by atoms with Gasteiger partial charge in [0.05, 0.1) is 5.69 Å². The van der Waals surface area contributed by atoms with Crippen molar-refractivity contribution in [2.24, 2.45) is 0 Å². The maximum atomic E-state index is 5.12. The Bertz CT molecular complexity index is 463. The molecule has 0 fully saturated rings. The normalized spacial score (nSPS) is 9.50. The van der Waals surface area contributed by atoms with Crippen molar-refractivity contribution < 1.29 is 0 Å². The van der Waals surface area contributed by atoms with Crippen LogP contribution in [0.25, 0.3) is 5.69 Å². The molecule has 2 rings (SSSR count). The fourth-order valence-corrected chi connectivity index (χ4v) is 2.43. The van der Waals surface area contributed by atoms with Crippen molar-refractivity contribution in [1.82, 2.24) is 9.78 Å². The van der Waals surface area contributed by atoms with Crippen molar-refractivity contribution in [2.75, 3.05) is 0 Å². The van der Waals surface area contributed by atoms with E-state index in [9.17, 15) is 0 Å². The molecule has 0 radical (unpaired) electrons. The Labute approximate surface area is 139 Å².